The average Bonchev–Trinajstić information content (AvgIpc) is 3.59. The summed E-state index contributed by atoms with van der Waals surface area (Å²) in [6, 6.07) is 0. The van der Waals surface area contributed by atoms with Crippen LogP contribution in [0.15, 0.2) is 11.6 Å². The molecule has 0 aromatic carbocycles. The van der Waals surface area contributed by atoms with Crippen molar-refractivity contribution in [1.82, 2.24) is 0 Å². The van der Waals surface area contributed by atoms with Gasteiger partial charge in [0.15, 0.2) is 12.1 Å². The van der Waals surface area contributed by atoms with Gasteiger partial charge in [-0.3, -0.25) is 4.79 Å². The number of hydrogen-bond donors (Lipinski definition) is 7. The highest BCUT2D eigenvalue weighted by molar-refractivity contribution is 5.87. The van der Waals surface area contributed by atoms with E-state index in [0.29, 0.717) is 43.5 Å². The Morgan fingerprint density at radius 1 is 0.925 bits per heavy atom. The zero-order chi connectivity index (χ0) is 37.8. The molecule has 0 bridgehead atoms. The van der Waals surface area contributed by atoms with Crippen LogP contribution in [-0.4, -0.2) is 141 Å². The van der Waals surface area contributed by atoms with Crippen LogP contribution in [0, 0.1) is 46.3 Å². The lowest BCUT2D eigenvalue weighted by molar-refractivity contribution is -0.389. The predicted molar refractivity (Wildman–Crippen MR) is 183 cm³/mol. The molecule has 7 fully saturated rings. The Balaban J connectivity index is 0.966. The molecule has 53 heavy (non-hydrogen) atoms. The summed E-state index contributed by atoms with van der Waals surface area (Å²) in [5.74, 6) is -0.662. The molecule has 8 aliphatic rings. The van der Waals surface area contributed by atoms with Gasteiger partial charge in [-0.2, -0.15) is 0 Å². The Labute approximate surface area is 310 Å². The highest BCUT2D eigenvalue weighted by Gasteiger charge is 2.71. The van der Waals surface area contributed by atoms with Crippen LogP contribution in [0.5, 0.6) is 0 Å². The maximum atomic E-state index is 14.5. The molecule has 1 spiro atoms. The molecule has 4 aliphatic heterocycles. The van der Waals surface area contributed by atoms with Crippen LogP contribution in [0.2, 0.25) is 0 Å². The Bertz CT molecular complexity index is 1420. The Morgan fingerprint density at radius 3 is 2.40 bits per heavy atom. The first-order valence-corrected chi connectivity index (χ1v) is 19.9. The normalized spacial score (nSPS) is 56.7. The third-order valence-electron chi connectivity index (χ3n) is 15.6. The molecular formula is C39H60O14. The van der Waals surface area contributed by atoms with Crippen LogP contribution in [0.25, 0.3) is 0 Å². The first-order chi connectivity index (χ1) is 25.1. The number of aliphatic hydroxyl groups excluding tert-OH is 7. The molecule has 14 heteroatoms. The maximum Gasteiger partial charge on any atom is 0.221 e. The fraction of sp³-hybridized carbons (Fsp3) is 0.923. The second kappa shape index (κ2) is 13.8. The van der Waals surface area contributed by atoms with Gasteiger partial charge in [-0.15, -0.1) is 0 Å². The minimum atomic E-state index is -1.98. The SMILES string of the molecule is C[C@@H]1CC[C@@]2(OC1)O[C@H]1C[C@H]3[C@@H]4CC=C5C[C@@H](O[C@]6(CO)OC[C@@H](O)[C@@H](O[C@@H]7O[C@H](CO)[C@@H](O)[C@H](O)[C@H]7O)[C@@H]6O)CC[C@]5(C)[C@H]4CC(=O)[C@]3(C)[C@H]1[C@@H]2C. The van der Waals surface area contributed by atoms with Crippen molar-refractivity contribution in [3.05, 3.63) is 11.6 Å². The first kappa shape index (κ1) is 38.7. The summed E-state index contributed by atoms with van der Waals surface area (Å²) < 4.78 is 36.7. The van der Waals surface area contributed by atoms with E-state index in [-0.39, 0.29) is 41.8 Å². The van der Waals surface area contributed by atoms with Crippen LogP contribution in [-0.2, 0) is 33.2 Å². The molecule has 0 aromatic heterocycles. The number of carbonyl (C=O) groups excluding carboxylic acids is 1. The smallest absolute Gasteiger partial charge is 0.221 e. The molecule has 4 heterocycles. The quantitative estimate of drug-likeness (QED) is 0.185. The summed E-state index contributed by atoms with van der Waals surface area (Å²) in [7, 11) is 0. The molecule has 300 valence electrons. The number of ketones is 1. The molecule has 4 saturated heterocycles. The number of allylic oxidation sites excluding steroid dienone is 1. The first-order valence-electron chi connectivity index (χ1n) is 19.9. The van der Waals surface area contributed by atoms with Crippen molar-refractivity contribution in [2.45, 2.75) is 152 Å². The van der Waals surface area contributed by atoms with E-state index in [0.717, 1.165) is 32.1 Å². The van der Waals surface area contributed by atoms with Gasteiger partial charge >= 0.3 is 0 Å². The number of Topliss-reactive ketones (excluding diaryl/α,β-unsaturated/α-hetero) is 1. The lowest BCUT2D eigenvalue weighted by Gasteiger charge is -2.58. The third kappa shape index (κ3) is 5.79. The number of rotatable bonds is 6. The van der Waals surface area contributed by atoms with E-state index >= 15 is 0 Å². The molecule has 20 atom stereocenters. The molecule has 8 rings (SSSR count). The van der Waals surface area contributed by atoms with Crippen LogP contribution in [0.1, 0.15) is 79.1 Å². The summed E-state index contributed by atoms with van der Waals surface area (Å²) in [4.78, 5) is 14.5. The molecule has 4 aliphatic carbocycles. The summed E-state index contributed by atoms with van der Waals surface area (Å²) in [5.41, 5.74) is 0.520. The fourth-order valence-corrected chi connectivity index (χ4v) is 12.4. The van der Waals surface area contributed by atoms with E-state index in [2.05, 4.69) is 33.8 Å². The average molecular weight is 753 g/mol. The van der Waals surface area contributed by atoms with Gasteiger partial charge in [-0.1, -0.05) is 39.3 Å². The third-order valence-corrected chi connectivity index (χ3v) is 15.6. The molecule has 7 N–H and O–H groups in total. The maximum absolute atomic E-state index is 14.5. The van der Waals surface area contributed by atoms with Gasteiger partial charge in [-0.25, -0.2) is 0 Å². The van der Waals surface area contributed by atoms with E-state index in [4.69, 9.17) is 28.4 Å². The van der Waals surface area contributed by atoms with Gasteiger partial charge in [0, 0.05) is 30.1 Å². The van der Waals surface area contributed by atoms with Gasteiger partial charge in [0.1, 0.15) is 55.1 Å². The highest BCUT2D eigenvalue weighted by Crippen LogP contribution is 2.69. The van der Waals surface area contributed by atoms with Crippen LogP contribution in [0.3, 0.4) is 0 Å². The largest absolute Gasteiger partial charge is 0.394 e. The molecule has 0 unspecified atom stereocenters. The minimum absolute atomic E-state index is 0.0158. The zero-order valence-electron chi connectivity index (χ0n) is 31.3. The Hall–Kier alpha value is -1.11. The van der Waals surface area contributed by atoms with Crippen molar-refractivity contribution in [3.63, 3.8) is 0 Å². The van der Waals surface area contributed by atoms with Crippen LogP contribution in [0.4, 0.5) is 0 Å². The van der Waals surface area contributed by atoms with Gasteiger partial charge in [0.2, 0.25) is 5.79 Å². The molecular weight excluding hydrogens is 692 g/mol. The van der Waals surface area contributed by atoms with Crippen molar-refractivity contribution in [2.75, 3.05) is 26.4 Å². The highest BCUT2D eigenvalue weighted by atomic mass is 16.8. The summed E-state index contributed by atoms with van der Waals surface area (Å²) in [6.07, 6.45) is -4.70. The number of hydrogen-bond acceptors (Lipinski definition) is 14. The number of aliphatic hydroxyl groups is 7. The molecule has 0 aromatic rings. The topological polar surface area (TPSA) is 214 Å². The molecule has 0 amide bonds. The molecule has 0 radical (unpaired) electrons. The van der Waals surface area contributed by atoms with Crippen LogP contribution >= 0.6 is 0 Å². The Morgan fingerprint density at radius 2 is 1.70 bits per heavy atom. The van der Waals surface area contributed by atoms with E-state index in [9.17, 15) is 40.5 Å². The van der Waals surface area contributed by atoms with E-state index < -0.39 is 85.3 Å². The summed E-state index contributed by atoms with van der Waals surface area (Å²) in [6.45, 7) is 7.82. The van der Waals surface area contributed by atoms with Crippen molar-refractivity contribution < 1.29 is 69.0 Å². The standard InChI is InChI=1S/C39H60O14/c1-18-7-10-38(48-15-18)19(2)29-26(53-38)12-24-22-6-5-20-11-21(8-9-36(20,3)23(22)13-28(43)37(24,29)4)52-39(17-41)34(47)33(25(42)16-49-39)51-35-32(46)31(45)30(44)27(14-40)50-35/h5,18-19,21-27,29-35,40-42,44-47H,6-17H2,1-4H3/t18-,19+,21+,22-,23+,24+,25-,26+,27-,29+,30-,31+,32-,33-,34+,35+,36+,37-,38-,39+/m1/s1. The fourth-order valence-electron chi connectivity index (χ4n) is 12.4. The van der Waals surface area contributed by atoms with Crippen molar-refractivity contribution in [3.8, 4) is 0 Å². The lowest BCUT2D eigenvalue weighted by Crippen LogP contribution is -2.67. The number of ether oxygens (including phenoxy) is 6. The van der Waals surface area contributed by atoms with E-state index in [1.165, 1.54) is 5.57 Å². The van der Waals surface area contributed by atoms with Gasteiger partial charge < -0.3 is 64.2 Å². The molecule has 14 nitrogen and oxygen atoms in total. The monoisotopic (exact) mass is 752 g/mol. The van der Waals surface area contributed by atoms with Crippen molar-refractivity contribution >= 4 is 5.78 Å². The van der Waals surface area contributed by atoms with Crippen LogP contribution < -0.4 is 0 Å². The van der Waals surface area contributed by atoms with E-state index in [1.807, 2.05) is 0 Å². The predicted octanol–water partition coefficient (Wildman–Crippen LogP) is 0.543. The van der Waals surface area contributed by atoms with E-state index in [1.54, 1.807) is 0 Å². The number of fused-ring (bicyclic) bond motifs is 7. The lowest BCUT2D eigenvalue weighted by atomic mass is 9.46. The van der Waals surface area contributed by atoms with Gasteiger partial charge in [0.05, 0.1) is 32.0 Å². The Kier molecular flexibility index (Phi) is 10.1. The number of carbonyl (C=O) groups is 1. The molecule has 3 saturated carbocycles. The summed E-state index contributed by atoms with van der Waals surface area (Å²) >= 11 is 0. The van der Waals surface area contributed by atoms with Gasteiger partial charge in [0.25, 0.3) is 0 Å². The second-order valence-electron chi connectivity index (χ2n) is 18.2. The summed E-state index contributed by atoms with van der Waals surface area (Å²) in [5, 5.41) is 73.4. The van der Waals surface area contributed by atoms with Crippen molar-refractivity contribution in [1.29, 1.82) is 0 Å². The second-order valence-corrected chi connectivity index (χ2v) is 18.2. The van der Waals surface area contributed by atoms with Gasteiger partial charge in [-0.05, 0) is 67.6 Å². The zero-order valence-corrected chi connectivity index (χ0v) is 31.3. The minimum Gasteiger partial charge on any atom is -0.394 e. The van der Waals surface area contributed by atoms with Crippen molar-refractivity contribution in [2.24, 2.45) is 46.3 Å².